The number of ether oxygens (including phenoxy) is 2. The van der Waals surface area contributed by atoms with Crippen LogP contribution in [0.3, 0.4) is 0 Å². The average Bonchev–Trinajstić information content (AvgIpc) is 2.57. The van der Waals surface area contributed by atoms with Gasteiger partial charge in [-0.3, -0.25) is 9.69 Å². The molecule has 1 aliphatic rings. The molecule has 1 aliphatic heterocycles. The zero-order valence-corrected chi connectivity index (χ0v) is 14.4. The Balaban J connectivity index is 1.67. The molecule has 0 bridgehead atoms. The van der Waals surface area contributed by atoms with Gasteiger partial charge in [-0.25, -0.2) is 4.98 Å². The quantitative estimate of drug-likeness (QED) is 0.638. The van der Waals surface area contributed by atoms with E-state index in [0.29, 0.717) is 42.6 Å². The van der Waals surface area contributed by atoms with Crippen LogP contribution in [0.5, 0.6) is 11.5 Å². The average molecular weight is 342 g/mol. The highest BCUT2D eigenvalue weighted by Crippen LogP contribution is 2.36. The summed E-state index contributed by atoms with van der Waals surface area (Å²) in [4.78, 5) is 18.6. The van der Waals surface area contributed by atoms with Crippen LogP contribution < -0.4 is 25.8 Å². The first-order chi connectivity index (χ1) is 11.9. The van der Waals surface area contributed by atoms with Crippen molar-refractivity contribution in [2.24, 2.45) is 0 Å². The number of nitrogens with zero attached hydrogens (tertiary/aromatic N) is 2. The molecule has 2 aromatic rings. The van der Waals surface area contributed by atoms with E-state index < -0.39 is 5.60 Å². The van der Waals surface area contributed by atoms with E-state index in [4.69, 9.17) is 20.9 Å². The van der Waals surface area contributed by atoms with Crippen LogP contribution in [-0.4, -0.2) is 29.6 Å². The van der Waals surface area contributed by atoms with E-state index in [1.165, 1.54) is 0 Å². The molecule has 0 fully saturated rings. The van der Waals surface area contributed by atoms with Crippen LogP contribution in [0.25, 0.3) is 0 Å². The molecule has 1 aromatic heterocycles. The van der Waals surface area contributed by atoms with Gasteiger partial charge in [0, 0.05) is 12.2 Å². The monoisotopic (exact) mass is 342 g/mol. The number of carbonyl (C=O) groups is 1. The summed E-state index contributed by atoms with van der Waals surface area (Å²) in [7, 11) is 0. The molecule has 0 spiro atoms. The summed E-state index contributed by atoms with van der Waals surface area (Å²) < 4.78 is 11.4. The lowest BCUT2D eigenvalue weighted by Gasteiger charge is -2.37. The van der Waals surface area contributed by atoms with Crippen LogP contribution in [0.1, 0.15) is 20.3 Å². The van der Waals surface area contributed by atoms with Gasteiger partial charge in [-0.2, -0.15) is 0 Å². The Morgan fingerprint density at radius 2 is 1.88 bits per heavy atom. The lowest BCUT2D eigenvalue weighted by molar-refractivity contribution is -0.132. The minimum absolute atomic E-state index is 0.148. The molecule has 4 N–H and O–H groups in total. The number of pyridine rings is 1. The Morgan fingerprint density at radius 1 is 1.16 bits per heavy atom. The number of nitrogen functional groups attached to an aromatic ring is 2. The standard InChI is InChI=1S/C18H22N4O3/c1-18(2)17(23)22(16-14(25-18)8-9-15(20)21-16)10-3-11-24-13-6-4-12(19)5-7-13/h4-9H,3,10-11,19H2,1-2H3,(H2,20,21). The molecule has 7 nitrogen and oxygen atoms in total. The Labute approximate surface area is 146 Å². The largest absolute Gasteiger partial charge is 0.494 e. The molecule has 132 valence electrons. The van der Waals surface area contributed by atoms with Gasteiger partial charge in [0.25, 0.3) is 5.91 Å². The number of carbonyl (C=O) groups excluding carboxylic acids is 1. The fourth-order valence-electron chi connectivity index (χ4n) is 2.65. The molecule has 1 amide bonds. The van der Waals surface area contributed by atoms with E-state index in [0.717, 1.165) is 5.75 Å². The maximum atomic E-state index is 12.7. The highest BCUT2D eigenvalue weighted by atomic mass is 16.5. The molecule has 0 radical (unpaired) electrons. The van der Waals surface area contributed by atoms with Crippen LogP contribution in [0.2, 0.25) is 0 Å². The second-order valence-corrected chi connectivity index (χ2v) is 6.40. The van der Waals surface area contributed by atoms with Crippen molar-refractivity contribution in [2.45, 2.75) is 25.9 Å². The number of amides is 1. The van der Waals surface area contributed by atoms with Crippen molar-refractivity contribution >= 4 is 23.2 Å². The first-order valence-corrected chi connectivity index (χ1v) is 8.13. The summed E-state index contributed by atoms with van der Waals surface area (Å²) in [5.74, 6) is 1.95. The fourth-order valence-corrected chi connectivity index (χ4v) is 2.65. The first-order valence-electron chi connectivity index (χ1n) is 8.13. The molecule has 1 aromatic carbocycles. The van der Waals surface area contributed by atoms with Crippen LogP contribution in [0.15, 0.2) is 36.4 Å². The number of benzene rings is 1. The van der Waals surface area contributed by atoms with Gasteiger partial charge in [0.1, 0.15) is 11.6 Å². The van der Waals surface area contributed by atoms with E-state index in [1.54, 1.807) is 43.0 Å². The van der Waals surface area contributed by atoms with Crippen molar-refractivity contribution in [3.63, 3.8) is 0 Å². The van der Waals surface area contributed by atoms with Crippen LogP contribution in [0.4, 0.5) is 17.3 Å². The topological polar surface area (TPSA) is 104 Å². The summed E-state index contributed by atoms with van der Waals surface area (Å²) in [5, 5.41) is 0. The number of anilines is 3. The molecule has 7 heteroatoms. The van der Waals surface area contributed by atoms with Crippen LogP contribution >= 0.6 is 0 Å². The lowest BCUT2D eigenvalue weighted by Crippen LogP contribution is -2.53. The minimum Gasteiger partial charge on any atom is -0.494 e. The minimum atomic E-state index is -0.942. The smallest absolute Gasteiger partial charge is 0.271 e. The first kappa shape index (κ1) is 16.9. The number of nitrogens with two attached hydrogens (primary N) is 2. The predicted molar refractivity (Wildman–Crippen MR) is 96.7 cm³/mol. The van der Waals surface area contributed by atoms with E-state index in [1.807, 2.05) is 12.1 Å². The van der Waals surface area contributed by atoms with E-state index >= 15 is 0 Å². The highest BCUT2D eigenvalue weighted by Gasteiger charge is 2.41. The Hall–Kier alpha value is -2.96. The van der Waals surface area contributed by atoms with Gasteiger partial charge in [0.05, 0.1) is 6.61 Å². The Morgan fingerprint density at radius 3 is 2.60 bits per heavy atom. The third-order valence-electron chi connectivity index (χ3n) is 3.92. The second-order valence-electron chi connectivity index (χ2n) is 6.40. The van der Waals surface area contributed by atoms with Crippen molar-refractivity contribution < 1.29 is 14.3 Å². The van der Waals surface area contributed by atoms with Gasteiger partial charge in [0.2, 0.25) is 0 Å². The summed E-state index contributed by atoms with van der Waals surface area (Å²) in [5.41, 5.74) is 11.2. The number of fused-ring (bicyclic) bond motifs is 1. The molecule has 0 aliphatic carbocycles. The van der Waals surface area contributed by atoms with Gasteiger partial charge in [-0.15, -0.1) is 0 Å². The van der Waals surface area contributed by atoms with Crippen molar-refractivity contribution in [2.75, 3.05) is 29.5 Å². The fraction of sp³-hybridized carbons (Fsp3) is 0.333. The lowest BCUT2D eigenvalue weighted by atomic mass is 10.1. The number of hydrogen-bond donors (Lipinski definition) is 2. The summed E-state index contributed by atoms with van der Waals surface area (Å²) in [6.07, 6.45) is 0.641. The molecule has 0 saturated carbocycles. The number of hydrogen-bond acceptors (Lipinski definition) is 6. The summed E-state index contributed by atoms with van der Waals surface area (Å²) >= 11 is 0. The maximum Gasteiger partial charge on any atom is 0.271 e. The zero-order chi connectivity index (χ0) is 18.0. The van der Waals surface area contributed by atoms with Crippen molar-refractivity contribution in [3.8, 4) is 11.5 Å². The predicted octanol–water partition coefficient (Wildman–Crippen LogP) is 2.22. The van der Waals surface area contributed by atoms with Crippen molar-refractivity contribution in [1.82, 2.24) is 4.98 Å². The number of rotatable bonds is 5. The molecular weight excluding hydrogens is 320 g/mol. The van der Waals surface area contributed by atoms with Gasteiger partial charge in [-0.1, -0.05) is 0 Å². The van der Waals surface area contributed by atoms with Gasteiger partial charge < -0.3 is 20.9 Å². The molecule has 0 unspecified atom stereocenters. The van der Waals surface area contributed by atoms with E-state index in [9.17, 15) is 4.79 Å². The molecule has 0 saturated heterocycles. The zero-order valence-electron chi connectivity index (χ0n) is 14.4. The summed E-state index contributed by atoms with van der Waals surface area (Å²) in [6, 6.07) is 10.6. The second kappa shape index (κ2) is 6.51. The van der Waals surface area contributed by atoms with E-state index in [-0.39, 0.29) is 5.91 Å². The molecule has 25 heavy (non-hydrogen) atoms. The molecule has 3 rings (SSSR count). The third-order valence-corrected chi connectivity index (χ3v) is 3.92. The van der Waals surface area contributed by atoms with Gasteiger partial charge in [0.15, 0.2) is 17.2 Å². The molecule has 0 atom stereocenters. The Bertz CT molecular complexity index is 774. The van der Waals surface area contributed by atoms with Crippen molar-refractivity contribution in [1.29, 1.82) is 0 Å². The van der Waals surface area contributed by atoms with E-state index in [2.05, 4.69) is 4.98 Å². The maximum absolute atomic E-state index is 12.7. The SMILES string of the molecule is CC1(C)Oc2ccc(N)nc2N(CCCOc2ccc(N)cc2)C1=O. The highest BCUT2D eigenvalue weighted by molar-refractivity contribution is 6.01. The van der Waals surface area contributed by atoms with Crippen molar-refractivity contribution in [3.05, 3.63) is 36.4 Å². The van der Waals surface area contributed by atoms with Crippen LogP contribution in [-0.2, 0) is 4.79 Å². The summed E-state index contributed by atoms with van der Waals surface area (Å²) in [6.45, 7) is 4.41. The van der Waals surface area contributed by atoms with Gasteiger partial charge >= 0.3 is 0 Å². The molecular formula is C18H22N4O3. The van der Waals surface area contributed by atoms with Crippen LogP contribution in [0, 0.1) is 0 Å². The normalized spacial score (nSPS) is 15.4. The van der Waals surface area contributed by atoms with Gasteiger partial charge in [-0.05, 0) is 56.7 Å². The molecule has 2 heterocycles. The number of aromatic nitrogens is 1. The Kier molecular flexibility index (Phi) is 4.39. The third kappa shape index (κ3) is 3.60.